The van der Waals surface area contributed by atoms with E-state index in [9.17, 15) is 4.79 Å². The lowest BCUT2D eigenvalue weighted by Gasteiger charge is -2.29. The first-order valence-corrected chi connectivity index (χ1v) is 8.84. The van der Waals surface area contributed by atoms with Crippen LogP contribution in [0.4, 0.5) is 11.6 Å². The molecule has 0 spiro atoms. The van der Waals surface area contributed by atoms with Crippen molar-refractivity contribution >= 4 is 34.1 Å². The molecule has 1 amide bonds. The first-order valence-electron chi connectivity index (χ1n) is 8.84. The first kappa shape index (κ1) is 15.8. The van der Waals surface area contributed by atoms with Crippen LogP contribution < -0.4 is 10.2 Å². The summed E-state index contributed by atoms with van der Waals surface area (Å²) in [6, 6.07) is 13.3. The molecule has 0 aliphatic carbocycles. The highest BCUT2D eigenvalue weighted by Crippen LogP contribution is 2.22. The quantitative estimate of drug-likeness (QED) is 0.584. The van der Waals surface area contributed by atoms with Crippen LogP contribution in [0.2, 0.25) is 0 Å². The van der Waals surface area contributed by atoms with Gasteiger partial charge < -0.3 is 19.9 Å². The van der Waals surface area contributed by atoms with Crippen molar-refractivity contribution in [1.29, 1.82) is 0 Å². The van der Waals surface area contributed by atoms with E-state index >= 15 is 0 Å². The third-order valence-corrected chi connectivity index (χ3v) is 4.69. The van der Waals surface area contributed by atoms with Crippen LogP contribution in [0.15, 0.2) is 48.7 Å². The molecule has 1 aromatic carbocycles. The number of benzene rings is 1. The molecule has 0 atom stereocenters. The Morgan fingerprint density at radius 3 is 2.85 bits per heavy atom. The second-order valence-corrected chi connectivity index (χ2v) is 6.42. The van der Waals surface area contributed by atoms with Crippen LogP contribution in [0, 0.1) is 0 Å². The van der Waals surface area contributed by atoms with Crippen LogP contribution in [-0.2, 0) is 4.74 Å². The fourth-order valence-electron chi connectivity index (χ4n) is 3.36. The highest BCUT2D eigenvalue weighted by atomic mass is 16.5. The van der Waals surface area contributed by atoms with E-state index in [0.29, 0.717) is 30.4 Å². The molecular weight excluding hydrogens is 344 g/mol. The lowest BCUT2D eigenvalue weighted by molar-refractivity contribution is 0.102. The molecule has 4 aromatic rings. The van der Waals surface area contributed by atoms with Crippen molar-refractivity contribution in [2.45, 2.75) is 0 Å². The number of morpholine rings is 1. The number of ether oxygens (including phenoxy) is 1. The van der Waals surface area contributed by atoms with Crippen LogP contribution in [0.3, 0.4) is 0 Å². The van der Waals surface area contributed by atoms with Crippen LogP contribution in [0.5, 0.6) is 0 Å². The number of H-pyrrole nitrogens is 1. The number of aromatic amines is 1. The maximum Gasteiger partial charge on any atom is 0.273 e. The zero-order valence-electron chi connectivity index (χ0n) is 14.6. The minimum absolute atomic E-state index is 0.226. The smallest absolute Gasteiger partial charge is 0.273 e. The fourth-order valence-corrected chi connectivity index (χ4v) is 3.36. The van der Waals surface area contributed by atoms with E-state index < -0.39 is 0 Å². The molecule has 27 heavy (non-hydrogen) atoms. The summed E-state index contributed by atoms with van der Waals surface area (Å²) in [7, 11) is 0. The van der Waals surface area contributed by atoms with Gasteiger partial charge in [-0.2, -0.15) is 9.61 Å². The van der Waals surface area contributed by atoms with Gasteiger partial charge in [-0.1, -0.05) is 18.2 Å². The number of nitrogens with one attached hydrogen (secondary N) is 2. The largest absolute Gasteiger partial charge is 0.378 e. The Morgan fingerprint density at radius 2 is 2.00 bits per heavy atom. The number of hydrogen-bond acceptors (Lipinski definition) is 5. The number of fused-ring (bicyclic) bond motifs is 2. The van der Waals surface area contributed by atoms with Crippen molar-refractivity contribution in [3.05, 3.63) is 54.4 Å². The number of anilines is 2. The predicted octanol–water partition coefficient (Wildman–Crippen LogP) is 2.30. The minimum atomic E-state index is -0.226. The van der Waals surface area contributed by atoms with E-state index in [1.54, 1.807) is 10.7 Å². The fraction of sp³-hybridized carbons (Fsp3) is 0.211. The van der Waals surface area contributed by atoms with Gasteiger partial charge in [0, 0.05) is 36.1 Å². The second kappa shape index (κ2) is 6.40. The van der Waals surface area contributed by atoms with Gasteiger partial charge in [0.2, 0.25) is 0 Å². The lowest BCUT2D eigenvalue weighted by atomic mass is 10.2. The molecule has 0 bridgehead atoms. The van der Waals surface area contributed by atoms with Crippen molar-refractivity contribution < 1.29 is 9.53 Å². The lowest BCUT2D eigenvalue weighted by Crippen LogP contribution is -2.37. The van der Waals surface area contributed by atoms with Crippen LogP contribution in [-0.4, -0.2) is 51.8 Å². The molecule has 1 aliphatic heterocycles. The molecule has 8 heteroatoms. The molecule has 0 unspecified atom stereocenters. The molecule has 136 valence electrons. The van der Waals surface area contributed by atoms with Crippen molar-refractivity contribution in [2.24, 2.45) is 0 Å². The predicted molar refractivity (Wildman–Crippen MR) is 102 cm³/mol. The van der Waals surface area contributed by atoms with Crippen LogP contribution >= 0.6 is 0 Å². The standard InChI is InChI=1S/C19H18N6O2/c26-19(15-11-13-3-1-2-4-14(13)21-15)23-16-12-18(24-7-9-27-10-8-24)25-17(22-16)5-6-20-25/h1-6,11-12,21H,7-10H2,(H,22,23,26). The maximum absolute atomic E-state index is 12.7. The Morgan fingerprint density at radius 1 is 1.15 bits per heavy atom. The Hall–Kier alpha value is -3.39. The number of para-hydroxylation sites is 1. The number of aromatic nitrogens is 4. The SMILES string of the molecule is O=C(Nc1cc(N2CCOCC2)n2nccc2n1)c1cc2ccccc2[nH]1. The zero-order chi connectivity index (χ0) is 18.2. The van der Waals surface area contributed by atoms with Gasteiger partial charge >= 0.3 is 0 Å². The summed E-state index contributed by atoms with van der Waals surface area (Å²) < 4.78 is 7.22. The minimum Gasteiger partial charge on any atom is -0.378 e. The number of carbonyl (C=O) groups excluding carboxylic acids is 1. The molecule has 1 aliphatic rings. The maximum atomic E-state index is 12.7. The number of nitrogens with zero attached hydrogens (tertiary/aromatic N) is 4. The number of hydrogen-bond donors (Lipinski definition) is 2. The monoisotopic (exact) mass is 362 g/mol. The van der Waals surface area contributed by atoms with E-state index in [0.717, 1.165) is 29.8 Å². The molecule has 0 saturated carbocycles. The Labute approximate surface area is 154 Å². The van der Waals surface area contributed by atoms with Gasteiger partial charge in [-0.3, -0.25) is 4.79 Å². The van der Waals surface area contributed by atoms with E-state index in [-0.39, 0.29) is 5.91 Å². The zero-order valence-corrected chi connectivity index (χ0v) is 14.6. The Kier molecular flexibility index (Phi) is 3.75. The van der Waals surface area contributed by atoms with Gasteiger partial charge in [-0.15, -0.1) is 0 Å². The number of amides is 1. The van der Waals surface area contributed by atoms with Crippen LogP contribution in [0.25, 0.3) is 16.6 Å². The molecule has 0 radical (unpaired) electrons. The van der Waals surface area contributed by atoms with E-state index in [4.69, 9.17) is 4.74 Å². The summed E-state index contributed by atoms with van der Waals surface area (Å²) in [5.41, 5.74) is 2.11. The topological polar surface area (TPSA) is 87.6 Å². The van der Waals surface area contributed by atoms with E-state index in [1.807, 2.05) is 42.5 Å². The third kappa shape index (κ3) is 2.89. The summed E-state index contributed by atoms with van der Waals surface area (Å²) in [4.78, 5) is 22.5. The highest BCUT2D eigenvalue weighted by Gasteiger charge is 2.18. The molecule has 4 heterocycles. The van der Waals surface area contributed by atoms with Crippen molar-refractivity contribution in [3.63, 3.8) is 0 Å². The second-order valence-electron chi connectivity index (χ2n) is 6.42. The molecule has 8 nitrogen and oxygen atoms in total. The average molecular weight is 362 g/mol. The summed E-state index contributed by atoms with van der Waals surface area (Å²) in [6.07, 6.45) is 1.70. The van der Waals surface area contributed by atoms with Crippen molar-refractivity contribution in [1.82, 2.24) is 19.6 Å². The van der Waals surface area contributed by atoms with Gasteiger partial charge in [0.15, 0.2) is 5.65 Å². The number of rotatable bonds is 3. The van der Waals surface area contributed by atoms with Gasteiger partial charge in [0.1, 0.15) is 17.3 Å². The van der Waals surface area contributed by atoms with Gasteiger partial charge in [-0.25, -0.2) is 4.98 Å². The van der Waals surface area contributed by atoms with Crippen molar-refractivity contribution in [2.75, 3.05) is 36.5 Å². The van der Waals surface area contributed by atoms with E-state index in [1.165, 1.54) is 0 Å². The Balaban J connectivity index is 1.48. The third-order valence-electron chi connectivity index (χ3n) is 4.69. The molecule has 2 N–H and O–H groups in total. The van der Waals surface area contributed by atoms with Crippen molar-refractivity contribution in [3.8, 4) is 0 Å². The molecule has 1 saturated heterocycles. The molecular formula is C19H18N6O2. The van der Waals surface area contributed by atoms with E-state index in [2.05, 4.69) is 25.3 Å². The summed E-state index contributed by atoms with van der Waals surface area (Å²) >= 11 is 0. The first-order chi connectivity index (χ1) is 13.3. The average Bonchev–Trinajstić information content (AvgIpc) is 3.34. The van der Waals surface area contributed by atoms with Gasteiger partial charge in [0.25, 0.3) is 5.91 Å². The van der Waals surface area contributed by atoms with Gasteiger partial charge in [-0.05, 0) is 12.1 Å². The Bertz CT molecular complexity index is 1090. The highest BCUT2D eigenvalue weighted by molar-refractivity contribution is 6.05. The summed E-state index contributed by atoms with van der Waals surface area (Å²) in [5.74, 6) is 1.16. The van der Waals surface area contributed by atoms with Gasteiger partial charge in [0.05, 0.1) is 19.4 Å². The summed E-state index contributed by atoms with van der Waals surface area (Å²) in [5, 5.41) is 8.25. The van der Waals surface area contributed by atoms with Crippen LogP contribution in [0.1, 0.15) is 10.5 Å². The normalized spacial score (nSPS) is 14.7. The molecule has 1 fully saturated rings. The molecule has 3 aromatic heterocycles. The molecule has 5 rings (SSSR count). The number of carbonyl (C=O) groups is 1. The summed E-state index contributed by atoms with van der Waals surface area (Å²) in [6.45, 7) is 2.88.